The lowest BCUT2D eigenvalue weighted by atomic mass is 9.93. The summed E-state index contributed by atoms with van der Waals surface area (Å²) in [6, 6.07) is 16.5. The zero-order valence-corrected chi connectivity index (χ0v) is 27.1. The van der Waals surface area contributed by atoms with Gasteiger partial charge in [-0.2, -0.15) is 22.0 Å². The van der Waals surface area contributed by atoms with Gasteiger partial charge in [-0.1, -0.05) is 38.1 Å². The van der Waals surface area contributed by atoms with Crippen LogP contribution < -0.4 is 10.2 Å². The molecule has 256 valence electrons. The molecule has 0 saturated carbocycles. The van der Waals surface area contributed by atoms with Crippen LogP contribution >= 0.6 is 0 Å². The number of sulfone groups is 1. The van der Waals surface area contributed by atoms with Crippen molar-refractivity contribution in [1.29, 1.82) is 0 Å². The smallest absolute Gasteiger partial charge is 0.396 e. The third kappa shape index (κ3) is 8.88. The van der Waals surface area contributed by atoms with Gasteiger partial charge in [0, 0.05) is 42.1 Å². The molecule has 1 aliphatic heterocycles. The molecule has 13 heteroatoms. The number of nitrogens with one attached hydrogen (secondary N) is 1. The molecule has 2 unspecified atom stereocenters. The Balaban J connectivity index is 1.48. The summed E-state index contributed by atoms with van der Waals surface area (Å²) in [6.07, 6.45) is -7.93. The lowest BCUT2D eigenvalue weighted by Crippen LogP contribution is -2.38. The molecular formula is C34H39F5N2O5S. The number of rotatable bonds is 13. The Kier molecular flexibility index (Phi) is 11.3. The molecule has 1 saturated heterocycles. The van der Waals surface area contributed by atoms with Gasteiger partial charge in [0.1, 0.15) is 0 Å². The number of anilines is 1. The summed E-state index contributed by atoms with van der Waals surface area (Å²) in [5, 5.41) is 12.9. The number of amides is 1. The predicted octanol–water partition coefficient (Wildman–Crippen LogP) is 6.78. The highest BCUT2D eigenvalue weighted by molar-refractivity contribution is 7.91. The van der Waals surface area contributed by atoms with Crippen LogP contribution in [-0.4, -0.2) is 63.1 Å². The maximum absolute atomic E-state index is 14.0. The standard InChI is InChI=1S/C34H39F5N2O5S/c1-4-33(35,36)46-21-29-18-26(23-6-12-27(13-7-23)34(37,38)39)19-41(29)28-14-8-25(9-15-28)32(43)40-22(3)31(20-42)24-10-16-30(17-11-24)47(44,45)5-2/h6-17,22,26,29,31,42H,4-5,18-21H2,1-3H3,(H,40,43)/t22?,26?,29-,31+/m0/s1. The van der Waals surface area contributed by atoms with Gasteiger partial charge < -0.3 is 20.1 Å². The Labute approximate surface area is 271 Å². The fourth-order valence-electron chi connectivity index (χ4n) is 5.73. The molecule has 1 amide bonds. The van der Waals surface area contributed by atoms with Crippen molar-refractivity contribution in [3.05, 3.63) is 95.1 Å². The second-order valence-corrected chi connectivity index (χ2v) is 14.0. The second-order valence-electron chi connectivity index (χ2n) is 11.7. The number of hydrogen-bond donors (Lipinski definition) is 2. The molecule has 4 atom stereocenters. The molecule has 1 heterocycles. The number of hydrogen-bond acceptors (Lipinski definition) is 6. The molecule has 0 radical (unpaired) electrons. The average Bonchev–Trinajstić information content (AvgIpc) is 3.48. The first kappa shape index (κ1) is 36.3. The normalized spacial score (nSPS) is 18.6. The summed E-state index contributed by atoms with van der Waals surface area (Å²) < 4.78 is 96.5. The highest BCUT2D eigenvalue weighted by Gasteiger charge is 2.37. The summed E-state index contributed by atoms with van der Waals surface area (Å²) in [4.78, 5) is 15.2. The quantitative estimate of drug-likeness (QED) is 0.193. The van der Waals surface area contributed by atoms with Crippen LogP contribution in [0.5, 0.6) is 0 Å². The molecule has 7 nitrogen and oxygen atoms in total. The minimum atomic E-state index is -4.47. The maximum atomic E-state index is 14.0. The summed E-state index contributed by atoms with van der Waals surface area (Å²) in [5.41, 5.74) is 1.48. The molecule has 0 aliphatic carbocycles. The number of nitrogens with zero attached hydrogens (tertiary/aromatic N) is 1. The van der Waals surface area contributed by atoms with Gasteiger partial charge in [0.05, 0.1) is 35.5 Å². The number of ether oxygens (including phenoxy) is 1. The van der Waals surface area contributed by atoms with E-state index in [1.807, 2.05) is 4.90 Å². The van der Waals surface area contributed by atoms with Crippen LogP contribution in [0.2, 0.25) is 0 Å². The van der Waals surface area contributed by atoms with E-state index in [1.165, 1.54) is 31.2 Å². The number of carbonyl (C=O) groups excluding carboxylic acids is 1. The second kappa shape index (κ2) is 14.7. The van der Waals surface area contributed by atoms with Gasteiger partial charge in [-0.05, 0) is 73.0 Å². The zero-order valence-electron chi connectivity index (χ0n) is 26.3. The van der Waals surface area contributed by atoms with Crippen LogP contribution in [0.1, 0.15) is 72.5 Å². The highest BCUT2D eigenvalue weighted by Crippen LogP contribution is 2.38. The third-order valence-electron chi connectivity index (χ3n) is 8.69. The molecule has 1 fully saturated rings. The molecule has 0 bridgehead atoms. The SMILES string of the molecule is CCC(F)(F)OC[C@@H]1CC(c2ccc(C(F)(F)F)cc2)CN1c1ccc(C(=O)NC(C)[C@@H](CO)c2ccc(S(=O)(=O)CC)cc2)cc1. The average molecular weight is 683 g/mol. The van der Waals surface area contributed by atoms with Crippen LogP contribution in [0, 0.1) is 0 Å². The summed E-state index contributed by atoms with van der Waals surface area (Å²) >= 11 is 0. The largest absolute Gasteiger partial charge is 0.416 e. The summed E-state index contributed by atoms with van der Waals surface area (Å²) in [6.45, 7) is 4.33. The first-order chi connectivity index (χ1) is 22.1. The first-order valence-electron chi connectivity index (χ1n) is 15.4. The van der Waals surface area contributed by atoms with Gasteiger partial charge in [0.25, 0.3) is 5.91 Å². The van der Waals surface area contributed by atoms with E-state index < -0.39 is 58.0 Å². The van der Waals surface area contributed by atoms with Gasteiger partial charge in [-0.25, -0.2) is 8.42 Å². The van der Waals surface area contributed by atoms with E-state index in [4.69, 9.17) is 4.74 Å². The Bertz CT molecular complexity index is 1600. The molecule has 4 rings (SSSR count). The van der Waals surface area contributed by atoms with Crippen LogP contribution in [0.25, 0.3) is 0 Å². The van der Waals surface area contributed by atoms with Crippen LogP contribution in [0.4, 0.5) is 27.6 Å². The minimum absolute atomic E-state index is 0.0399. The van der Waals surface area contributed by atoms with E-state index >= 15 is 0 Å². The molecule has 3 aromatic carbocycles. The van der Waals surface area contributed by atoms with Crippen molar-refractivity contribution in [2.45, 2.75) is 74.7 Å². The van der Waals surface area contributed by atoms with Gasteiger partial charge >= 0.3 is 12.3 Å². The number of carbonyl (C=O) groups is 1. The maximum Gasteiger partial charge on any atom is 0.416 e. The Morgan fingerprint density at radius 3 is 2.13 bits per heavy atom. The fourth-order valence-corrected chi connectivity index (χ4v) is 6.62. The third-order valence-corrected chi connectivity index (χ3v) is 10.4. The molecule has 47 heavy (non-hydrogen) atoms. The monoisotopic (exact) mass is 682 g/mol. The Morgan fingerprint density at radius 2 is 1.60 bits per heavy atom. The van der Waals surface area contributed by atoms with Crippen molar-refractivity contribution in [2.24, 2.45) is 0 Å². The molecular weight excluding hydrogens is 643 g/mol. The van der Waals surface area contributed by atoms with Crippen molar-refractivity contribution in [3.63, 3.8) is 0 Å². The lowest BCUT2D eigenvalue weighted by molar-refractivity contribution is -0.241. The van der Waals surface area contributed by atoms with Crippen LogP contribution in [0.3, 0.4) is 0 Å². The van der Waals surface area contributed by atoms with Crippen molar-refractivity contribution in [2.75, 3.05) is 30.4 Å². The molecule has 0 spiro atoms. The van der Waals surface area contributed by atoms with Gasteiger partial charge in [-0.3, -0.25) is 4.79 Å². The molecule has 2 N–H and O–H groups in total. The summed E-state index contributed by atoms with van der Waals surface area (Å²) in [5.74, 6) is -1.21. The fraction of sp³-hybridized carbons (Fsp3) is 0.441. The number of aliphatic hydroxyl groups excluding tert-OH is 1. The van der Waals surface area contributed by atoms with E-state index in [0.717, 1.165) is 12.1 Å². The number of halogens is 5. The van der Waals surface area contributed by atoms with Crippen LogP contribution in [0.15, 0.2) is 77.7 Å². The first-order valence-corrected chi connectivity index (χ1v) is 17.0. The number of benzene rings is 3. The van der Waals surface area contributed by atoms with E-state index in [-0.39, 0.29) is 29.8 Å². The Morgan fingerprint density at radius 1 is 0.979 bits per heavy atom. The van der Waals surface area contributed by atoms with Crippen LogP contribution in [-0.2, 0) is 20.8 Å². The Hall–Kier alpha value is -3.55. The lowest BCUT2D eigenvalue weighted by Gasteiger charge is -2.28. The minimum Gasteiger partial charge on any atom is -0.396 e. The highest BCUT2D eigenvalue weighted by atomic mass is 32.2. The molecule has 0 aromatic heterocycles. The molecule has 3 aromatic rings. The van der Waals surface area contributed by atoms with Gasteiger partial charge in [0.2, 0.25) is 0 Å². The predicted molar refractivity (Wildman–Crippen MR) is 168 cm³/mol. The van der Waals surface area contributed by atoms with Gasteiger partial charge in [0.15, 0.2) is 9.84 Å². The topological polar surface area (TPSA) is 95.9 Å². The molecule has 1 aliphatic rings. The van der Waals surface area contributed by atoms with Crippen molar-refractivity contribution >= 4 is 21.4 Å². The summed E-state index contributed by atoms with van der Waals surface area (Å²) in [7, 11) is -3.38. The number of aliphatic hydroxyl groups is 1. The number of alkyl halides is 5. The zero-order chi connectivity index (χ0) is 34.6. The van der Waals surface area contributed by atoms with Crippen molar-refractivity contribution in [1.82, 2.24) is 5.32 Å². The van der Waals surface area contributed by atoms with E-state index in [2.05, 4.69) is 5.32 Å². The van der Waals surface area contributed by atoms with E-state index in [0.29, 0.717) is 35.3 Å². The van der Waals surface area contributed by atoms with Gasteiger partial charge in [-0.15, -0.1) is 0 Å². The van der Waals surface area contributed by atoms with E-state index in [1.54, 1.807) is 50.2 Å². The van der Waals surface area contributed by atoms with Crippen molar-refractivity contribution in [3.8, 4) is 0 Å². The van der Waals surface area contributed by atoms with Crippen molar-refractivity contribution < 1.29 is 45.0 Å². The van der Waals surface area contributed by atoms with E-state index in [9.17, 15) is 40.3 Å².